The van der Waals surface area contributed by atoms with Gasteiger partial charge in [0.05, 0.1) is 0 Å². The van der Waals surface area contributed by atoms with E-state index in [-0.39, 0.29) is 11.9 Å². The molecular formula is C15H20O2. The number of carbonyl (C=O) groups is 1. The monoisotopic (exact) mass is 232 g/mol. The minimum absolute atomic E-state index is 0.134. The van der Waals surface area contributed by atoms with Crippen molar-refractivity contribution in [3.63, 3.8) is 0 Å². The van der Waals surface area contributed by atoms with Crippen LogP contribution in [0.3, 0.4) is 0 Å². The minimum atomic E-state index is -0.134. The highest BCUT2D eigenvalue weighted by Gasteiger charge is 2.35. The molecule has 0 aliphatic heterocycles. The van der Waals surface area contributed by atoms with Crippen LogP contribution in [0.5, 0.6) is 0 Å². The first-order valence-corrected chi connectivity index (χ1v) is 6.40. The van der Waals surface area contributed by atoms with E-state index in [0.29, 0.717) is 12.3 Å². The molecule has 17 heavy (non-hydrogen) atoms. The van der Waals surface area contributed by atoms with Crippen molar-refractivity contribution >= 4 is 5.78 Å². The molecular weight excluding hydrogens is 212 g/mol. The second-order valence-corrected chi connectivity index (χ2v) is 4.80. The first kappa shape index (κ1) is 12.3. The summed E-state index contributed by atoms with van der Waals surface area (Å²) in [5.41, 5.74) is 1.31. The highest BCUT2D eigenvalue weighted by molar-refractivity contribution is 5.83. The molecule has 1 atom stereocenters. The summed E-state index contributed by atoms with van der Waals surface area (Å²) in [5.74, 6) is 0.787. The number of carbonyl (C=O) groups excluding carboxylic acids is 1. The zero-order valence-corrected chi connectivity index (χ0v) is 10.4. The van der Waals surface area contributed by atoms with Gasteiger partial charge in [-0.05, 0) is 37.2 Å². The van der Waals surface area contributed by atoms with Crippen molar-refractivity contribution in [2.75, 3.05) is 7.11 Å². The molecule has 1 saturated carbocycles. The third kappa shape index (κ3) is 3.67. The number of ether oxygens (including phenoxy) is 1. The zero-order valence-electron chi connectivity index (χ0n) is 10.4. The van der Waals surface area contributed by atoms with Gasteiger partial charge in [-0.25, -0.2) is 0 Å². The molecule has 0 amide bonds. The molecule has 2 rings (SSSR count). The number of hydrogen-bond acceptors (Lipinski definition) is 2. The van der Waals surface area contributed by atoms with Gasteiger partial charge in [-0.3, -0.25) is 4.79 Å². The van der Waals surface area contributed by atoms with Crippen molar-refractivity contribution in [3.8, 4) is 0 Å². The molecule has 0 aromatic heterocycles. The largest absolute Gasteiger partial charge is 0.373 e. The van der Waals surface area contributed by atoms with Crippen molar-refractivity contribution in [2.24, 2.45) is 5.92 Å². The average Bonchev–Trinajstić information content (AvgIpc) is 3.16. The van der Waals surface area contributed by atoms with Crippen molar-refractivity contribution in [2.45, 2.75) is 38.2 Å². The van der Waals surface area contributed by atoms with Crippen LogP contribution >= 0.6 is 0 Å². The van der Waals surface area contributed by atoms with Crippen LogP contribution in [0.25, 0.3) is 0 Å². The molecule has 2 nitrogen and oxygen atoms in total. The summed E-state index contributed by atoms with van der Waals surface area (Å²) in [6.45, 7) is 0. The lowest BCUT2D eigenvalue weighted by molar-refractivity contribution is -0.130. The SMILES string of the molecule is COC(C(=O)CCCc1ccccc1)C1CC1. The van der Waals surface area contributed by atoms with Crippen LogP contribution < -0.4 is 0 Å². The molecule has 2 heteroatoms. The molecule has 1 fully saturated rings. The van der Waals surface area contributed by atoms with Gasteiger partial charge in [-0.2, -0.15) is 0 Å². The molecule has 1 aromatic rings. The predicted octanol–water partition coefficient (Wildman–Crippen LogP) is 3.00. The van der Waals surface area contributed by atoms with E-state index in [0.717, 1.165) is 25.7 Å². The fraction of sp³-hybridized carbons (Fsp3) is 0.533. The highest BCUT2D eigenvalue weighted by Crippen LogP contribution is 2.35. The number of rotatable bonds is 7. The van der Waals surface area contributed by atoms with Gasteiger partial charge in [0.2, 0.25) is 0 Å². The maximum absolute atomic E-state index is 11.9. The van der Waals surface area contributed by atoms with Crippen LogP contribution in [0.4, 0.5) is 0 Å². The van der Waals surface area contributed by atoms with E-state index in [9.17, 15) is 4.79 Å². The van der Waals surface area contributed by atoms with E-state index in [1.807, 2.05) is 18.2 Å². The van der Waals surface area contributed by atoms with E-state index in [1.165, 1.54) is 5.56 Å². The maximum Gasteiger partial charge on any atom is 0.161 e. The summed E-state index contributed by atoms with van der Waals surface area (Å²) in [7, 11) is 1.65. The lowest BCUT2D eigenvalue weighted by Crippen LogP contribution is -2.25. The van der Waals surface area contributed by atoms with Crippen LogP contribution in [0.2, 0.25) is 0 Å². The van der Waals surface area contributed by atoms with Crippen LogP contribution in [0, 0.1) is 5.92 Å². The number of ketones is 1. The zero-order chi connectivity index (χ0) is 12.1. The van der Waals surface area contributed by atoms with Crippen LogP contribution in [-0.2, 0) is 16.0 Å². The van der Waals surface area contributed by atoms with E-state index in [4.69, 9.17) is 4.74 Å². The van der Waals surface area contributed by atoms with Gasteiger partial charge in [0, 0.05) is 13.5 Å². The highest BCUT2D eigenvalue weighted by atomic mass is 16.5. The summed E-state index contributed by atoms with van der Waals surface area (Å²) >= 11 is 0. The number of Topliss-reactive ketones (excluding diaryl/α,β-unsaturated/α-hetero) is 1. The second kappa shape index (κ2) is 5.97. The molecule has 1 unspecified atom stereocenters. The molecule has 1 aliphatic carbocycles. The molecule has 0 bridgehead atoms. The van der Waals surface area contributed by atoms with Gasteiger partial charge in [-0.15, -0.1) is 0 Å². The summed E-state index contributed by atoms with van der Waals surface area (Å²) in [6.07, 6.45) is 4.73. The van der Waals surface area contributed by atoms with Crippen LogP contribution in [0.15, 0.2) is 30.3 Å². The predicted molar refractivity (Wildman–Crippen MR) is 67.9 cm³/mol. The quantitative estimate of drug-likeness (QED) is 0.722. The third-order valence-corrected chi connectivity index (χ3v) is 3.35. The Labute approximate surface area is 103 Å². The second-order valence-electron chi connectivity index (χ2n) is 4.80. The first-order valence-electron chi connectivity index (χ1n) is 6.40. The topological polar surface area (TPSA) is 26.3 Å². The standard InChI is InChI=1S/C15H20O2/c1-17-15(13-10-11-13)14(16)9-5-8-12-6-3-2-4-7-12/h2-4,6-7,13,15H,5,8-11H2,1H3. The Morgan fingerprint density at radius 3 is 2.65 bits per heavy atom. The van der Waals surface area contributed by atoms with E-state index in [2.05, 4.69) is 12.1 Å². The molecule has 0 saturated heterocycles. The molecule has 92 valence electrons. The summed E-state index contributed by atoms with van der Waals surface area (Å²) < 4.78 is 5.29. The molecule has 1 aliphatic rings. The molecule has 0 radical (unpaired) electrons. The van der Waals surface area contributed by atoms with Crippen LogP contribution in [0.1, 0.15) is 31.2 Å². The Kier molecular flexibility index (Phi) is 4.32. The van der Waals surface area contributed by atoms with E-state index >= 15 is 0 Å². The van der Waals surface area contributed by atoms with Crippen molar-refractivity contribution in [1.82, 2.24) is 0 Å². The molecule has 0 N–H and O–H groups in total. The number of methoxy groups -OCH3 is 1. The fourth-order valence-corrected chi connectivity index (χ4v) is 2.24. The van der Waals surface area contributed by atoms with Crippen molar-refractivity contribution in [1.29, 1.82) is 0 Å². The van der Waals surface area contributed by atoms with Gasteiger partial charge >= 0.3 is 0 Å². The summed E-state index contributed by atoms with van der Waals surface area (Å²) in [4.78, 5) is 11.9. The maximum atomic E-state index is 11.9. The molecule has 0 spiro atoms. The van der Waals surface area contributed by atoms with E-state index in [1.54, 1.807) is 7.11 Å². The summed E-state index contributed by atoms with van der Waals surface area (Å²) in [6, 6.07) is 10.3. The number of benzene rings is 1. The Morgan fingerprint density at radius 2 is 2.06 bits per heavy atom. The van der Waals surface area contributed by atoms with Crippen LogP contribution in [-0.4, -0.2) is 19.0 Å². The molecule has 0 heterocycles. The van der Waals surface area contributed by atoms with Crippen molar-refractivity contribution in [3.05, 3.63) is 35.9 Å². The van der Waals surface area contributed by atoms with Gasteiger partial charge in [0.25, 0.3) is 0 Å². The van der Waals surface area contributed by atoms with Gasteiger partial charge in [0.1, 0.15) is 6.10 Å². The Morgan fingerprint density at radius 1 is 1.35 bits per heavy atom. The van der Waals surface area contributed by atoms with Gasteiger partial charge in [0.15, 0.2) is 5.78 Å². The minimum Gasteiger partial charge on any atom is -0.373 e. The Balaban J connectivity index is 1.72. The lowest BCUT2D eigenvalue weighted by Gasteiger charge is -2.12. The van der Waals surface area contributed by atoms with E-state index < -0.39 is 0 Å². The lowest BCUT2D eigenvalue weighted by atomic mass is 10.0. The third-order valence-electron chi connectivity index (χ3n) is 3.35. The Hall–Kier alpha value is -1.15. The normalized spacial score (nSPS) is 16.8. The number of aryl methyl sites for hydroxylation is 1. The summed E-state index contributed by atoms with van der Waals surface area (Å²) in [5, 5.41) is 0. The fourth-order valence-electron chi connectivity index (χ4n) is 2.24. The van der Waals surface area contributed by atoms with Crippen molar-refractivity contribution < 1.29 is 9.53 Å². The molecule has 1 aromatic carbocycles. The van der Waals surface area contributed by atoms with Gasteiger partial charge < -0.3 is 4.74 Å². The Bertz CT molecular complexity index is 354. The average molecular weight is 232 g/mol. The first-order chi connectivity index (χ1) is 8.31. The van der Waals surface area contributed by atoms with Gasteiger partial charge in [-0.1, -0.05) is 30.3 Å². The smallest absolute Gasteiger partial charge is 0.161 e. The number of hydrogen-bond donors (Lipinski definition) is 0.